The molecule has 2 aromatic rings. The van der Waals surface area contributed by atoms with Crippen LogP contribution in [0.4, 0.5) is 5.82 Å². The molecule has 140 valence electrons. The molecule has 1 aliphatic rings. The largest absolute Gasteiger partial charge is 0.356 e. The number of aromatic nitrogens is 3. The number of aryl methyl sites for hydroxylation is 1. The Bertz CT molecular complexity index is 844. The monoisotopic (exact) mass is 376 g/mol. The number of piperidine rings is 1. The SMILES string of the molecule is CCc1cc(N2CCCC(CNS(N)(=O)=O)C2)nc(-c2ccccn2)n1. The van der Waals surface area contributed by atoms with E-state index >= 15 is 0 Å². The molecule has 0 aliphatic carbocycles. The third kappa shape index (κ3) is 4.96. The summed E-state index contributed by atoms with van der Waals surface area (Å²) in [4.78, 5) is 15.8. The van der Waals surface area contributed by atoms with Crippen LogP contribution in [-0.2, 0) is 16.6 Å². The lowest BCUT2D eigenvalue weighted by atomic mass is 9.98. The van der Waals surface area contributed by atoms with E-state index < -0.39 is 10.2 Å². The Morgan fingerprint density at radius 3 is 2.88 bits per heavy atom. The molecule has 3 heterocycles. The normalized spacial score (nSPS) is 18.1. The molecule has 1 aliphatic heterocycles. The van der Waals surface area contributed by atoms with Crippen LogP contribution in [0.2, 0.25) is 0 Å². The molecular formula is C17H24N6O2S. The van der Waals surface area contributed by atoms with Gasteiger partial charge in [-0.2, -0.15) is 8.42 Å². The Hall–Kier alpha value is -2.10. The molecular weight excluding hydrogens is 352 g/mol. The van der Waals surface area contributed by atoms with E-state index in [1.165, 1.54) is 0 Å². The first-order chi connectivity index (χ1) is 12.4. The second-order valence-corrected chi connectivity index (χ2v) is 7.84. The minimum atomic E-state index is -3.66. The van der Waals surface area contributed by atoms with Crippen LogP contribution in [-0.4, -0.2) is 43.0 Å². The van der Waals surface area contributed by atoms with Crippen LogP contribution in [0, 0.1) is 5.92 Å². The van der Waals surface area contributed by atoms with Crippen LogP contribution in [0.5, 0.6) is 0 Å². The van der Waals surface area contributed by atoms with Crippen molar-refractivity contribution in [2.75, 3.05) is 24.5 Å². The molecule has 26 heavy (non-hydrogen) atoms. The maximum atomic E-state index is 11.1. The summed E-state index contributed by atoms with van der Waals surface area (Å²) in [7, 11) is -3.66. The van der Waals surface area contributed by atoms with Gasteiger partial charge >= 0.3 is 0 Å². The van der Waals surface area contributed by atoms with Crippen LogP contribution >= 0.6 is 0 Å². The second kappa shape index (κ2) is 8.07. The van der Waals surface area contributed by atoms with Gasteiger partial charge in [-0.15, -0.1) is 0 Å². The van der Waals surface area contributed by atoms with E-state index in [4.69, 9.17) is 10.1 Å². The molecule has 3 N–H and O–H groups in total. The smallest absolute Gasteiger partial charge is 0.274 e. The van der Waals surface area contributed by atoms with E-state index in [2.05, 4.69) is 26.5 Å². The van der Waals surface area contributed by atoms with Crippen molar-refractivity contribution in [3.8, 4) is 11.5 Å². The summed E-state index contributed by atoms with van der Waals surface area (Å²) in [6, 6.07) is 7.68. The predicted octanol–water partition coefficient (Wildman–Crippen LogP) is 1.11. The quantitative estimate of drug-likeness (QED) is 0.781. The van der Waals surface area contributed by atoms with Crippen molar-refractivity contribution in [3.63, 3.8) is 0 Å². The number of anilines is 1. The highest BCUT2D eigenvalue weighted by Gasteiger charge is 2.23. The fraction of sp³-hybridized carbons (Fsp3) is 0.471. The molecule has 0 bridgehead atoms. The zero-order valence-electron chi connectivity index (χ0n) is 14.8. The maximum absolute atomic E-state index is 11.1. The lowest BCUT2D eigenvalue weighted by Crippen LogP contribution is -2.42. The summed E-state index contributed by atoms with van der Waals surface area (Å²) in [5.41, 5.74) is 1.70. The van der Waals surface area contributed by atoms with Gasteiger partial charge in [0.05, 0.1) is 0 Å². The minimum absolute atomic E-state index is 0.195. The fourth-order valence-corrected chi connectivity index (χ4v) is 3.58. The Morgan fingerprint density at radius 1 is 1.35 bits per heavy atom. The second-order valence-electron chi connectivity index (χ2n) is 6.46. The van der Waals surface area contributed by atoms with Crippen LogP contribution in [0.25, 0.3) is 11.5 Å². The van der Waals surface area contributed by atoms with Gasteiger partial charge in [-0.3, -0.25) is 4.98 Å². The van der Waals surface area contributed by atoms with E-state index in [0.717, 1.165) is 49.6 Å². The summed E-state index contributed by atoms with van der Waals surface area (Å²) in [6.45, 7) is 4.01. The van der Waals surface area contributed by atoms with Crippen LogP contribution < -0.4 is 14.8 Å². The minimum Gasteiger partial charge on any atom is -0.356 e. The number of rotatable bonds is 6. The van der Waals surface area contributed by atoms with Crippen molar-refractivity contribution in [2.24, 2.45) is 11.1 Å². The first kappa shape index (κ1) is 18.7. The highest BCUT2D eigenvalue weighted by molar-refractivity contribution is 7.87. The van der Waals surface area contributed by atoms with Gasteiger partial charge in [-0.05, 0) is 37.3 Å². The summed E-state index contributed by atoms with van der Waals surface area (Å²) < 4.78 is 24.7. The lowest BCUT2D eigenvalue weighted by molar-refractivity contribution is 0.409. The molecule has 1 atom stereocenters. The predicted molar refractivity (Wildman–Crippen MR) is 101 cm³/mol. The van der Waals surface area contributed by atoms with Gasteiger partial charge in [0.2, 0.25) is 0 Å². The molecule has 0 spiro atoms. The van der Waals surface area contributed by atoms with Gasteiger partial charge in [0.1, 0.15) is 11.5 Å². The van der Waals surface area contributed by atoms with E-state index in [9.17, 15) is 8.42 Å². The van der Waals surface area contributed by atoms with Crippen molar-refractivity contribution >= 4 is 16.0 Å². The Morgan fingerprint density at radius 2 is 2.19 bits per heavy atom. The average Bonchev–Trinajstić information content (AvgIpc) is 2.66. The molecule has 2 aromatic heterocycles. The lowest BCUT2D eigenvalue weighted by Gasteiger charge is -2.33. The molecule has 1 unspecified atom stereocenters. The molecule has 0 radical (unpaired) electrons. The Kier molecular flexibility index (Phi) is 5.80. The fourth-order valence-electron chi connectivity index (χ4n) is 3.11. The highest BCUT2D eigenvalue weighted by Crippen LogP contribution is 2.24. The highest BCUT2D eigenvalue weighted by atomic mass is 32.2. The van der Waals surface area contributed by atoms with Crippen molar-refractivity contribution in [1.29, 1.82) is 0 Å². The maximum Gasteiger partial charge on any atom is 0.274 e. The van der Waals surface area contributed by atoms with E-state index in [1.54, 1.807) is 6.20 Å². The van der Waals surface area contributed by atoms with Crippen LogP contribution in [0.3, 0.4) is 0 Å². The van der Waals surface area contributed by atoms with Crippen molar-refractivity contribution in [1.82, 2.24) is 19.7 Å². The number of nitrogens with one attached hydrogen (secondary N) is 1. The summed E-state index contributed by atoms with van der Waals surface area (Å²) in [6.07, 6.45) is 4.46. The third-order valence-electron chi connectivity index (χ3n) is 4.44. The van der Waals surface area contributed by atoms with Crippen molar-refractivity contribution in [3.05, 3.63) is 36.2 Å². The number of pyridine rings is 1. The van der Waals surface area contributed by atoms with E-state index in [0.29, 0.717) is 12.4 Å². The zero-order valence-corrected chi connectivity index (χ0v) is 15.6. The van der Waals surface area contributed by atoms with Crippen molar-refractivity contribution in [2.45, 2.75) is 26.2 Å². The van der Waals surface area contributed by atoms with Crippen LogP contribution in [0.1, 0.15) is 25.5 Å². The Labute approximate surface area is 154 Å². The first-order valence-electron chi connectivity index (χ1n) is 8.76. The number of nitrogens with zero attached hydrogens (tertiary/aromatic N) is 4. The molecule has 0 aromatic carbocycles. The summed E-state index contributed by atoms with van der Waals surface area (Å²) >= 11 is 0. The molecule has 9 heteroatoms. The number of hydrogen-bond donors (Lipinski definition) is 2. The van der Waals surface area contributed by atoms with Crippen molar-refractivity contribution < 1.29 is 8.42 Å². The molecule has 0 saturated carbocycles. The van der Waals surface area contributed by atoms with Gasteiger partial charge in [0.15, 0.2) is 5.82 Å². The average molecular weight is 376 g/mol. The number of nitrogens with two attached hydrogens (primary N) is 1. The number of hydrogen-bond acceptors (Lipinski definition) is 6. The summed E-state index contributed by atoms with van der Waals surface area (Å²) in [5.74, 6) is 1.67. The zero-order chi connectivity index (χ0) is 18.6. The van der Waals surface area contributed by atoms with Gasteiger partial charge in [-0.25, -0.2) is 19.8 Å². The molecule has 8 nitrogen and oxygen atoms in total. The molecule has 1 saturated heterocycles. The Balaban J connectivity index is 1.81. The van der Waals surface area contributed by atoms with Crippen LogP contribution in [0.15, 0.2) is 30.5 Å². The van der Waals surface area contributed by atoms with Gasteiger partial charge < -0.3 is 4.90 Å². The molecule has 0 amide bonds. The van der Waals surface area contributed by atoms with Gasteiger partial charge in [0.25, 0.3) is 10.2 Å². The van der Waals surface area contributed by atoms with E-state index in [-0.39, 0.29) is 5.92 Å². The van der Waals surface area contributed by atoms with E-state index in [1.807, 2.05) is 24.3 Å². The standard InChI is InChI=1S/C17H24N6O2S/c1-2-14-10-16(22-17(21-14)15-7-3-4-8-19-15)23-9-5-6-13(12-23)11-20-26(18,24)25/h3-4,7-8,10,13,20H,2,5-6,9,11-12H2,1H3,(H2,18,24,25). The molecule has 1 fully saturated rings. The molecule has 3 rings (SSSR count). The topological polar surface area (TPSA) is 114 Å². The third-order valence-corrected chi connectivity index (χ3v) is 5.01. The summed E-state index contributed by atoms with van der Waals surface area (Å²) in [5, 5.41) is 5.04. The van der Waals surface area contributed by atoms with Gasteiger partial charge in [0, 0.05) is 37.6 Å². The first-order valence-corrected chi connectivity index (χ1v) is 10.3. The van der Waals surface area contributed by atoms with Gasteiger partial charge in [-0.1, -0.05) is 13.0 Å².